The number of ether oxygens (including phenoxy) is 1. The van der Waals surface area contributed by atoms with Crippen LogP contribution in [0.3, 0.4) is 0 Å². The number of rotatable bonds is 8. The van der Waals surface area contributed by atoms with Crippen molar-refractivity contribution in [2.75, 3.05) is 20.2 Å². The molecule has 0 aliphatic rings. The van der Waals surface area contributed by atoms with E-state index >= 15 is 0 Å². The average molecular weight is 314 g/mol. The quantitative estimate of drug-likeness (QED) is 0.780. The summed E-state index contributed by atoms with van der Waals surface area (Å²) < 4.78 is 6.86. The zero-order valence-electron chi connectivity index (χ0n) is 11.6. The highest BCUT2D eigenvalue weighted by Gasteiger charge is 2.10. The van der Waals surface area contributed by atoms with Gasteiger partial charge < -0.3 is 10.1 Å². The molecule has 0 saturated carbocycles. The molecule has 1 atom stereocenters. The zero-order chi connectivity index (χ0) is 13.4. The summed E-state index contributed by atoms with van der Waals surface area (Å²) in [7, 11) is 2.02. The molecule has 3 heteroatoms. The SMILES string of the molecule is CNCC(CCOc1ccc(Br)cc1)CC(C)C. The molecular formula is C15H24BrNO. The van der Waals surface area contributed by atoms with E-state index in [1.54, 1.807) is 0 Å². The number of halogens is 1. The lowest BCUT2D eigenvalue weighted by molar-refractivity contribution is 0.259. The highest BCUT2D eigenvalue weighted by Crippen LogP contribution is 2.18. The van der Waals surface area contributed by atoms with E-state index < -0.39 is 0 Å². The third kappa shape index (κ3) is 6.41. The molecule has 1 aromatic carbocycles. The smallest absolute Gasteiger partial charge is 0.119 e. The van der Waals surface area contributed by atoms with Crippen LogP contribution < -0.4 is 10.1 Å². The van der Waals surface area contributed by atoms with Crippen molar-refractivity contribution in [1.82, 2.24) is 5.32 Å². The van der Waals surface area contributed by atoms with Crippen molar-refractivity contribution >= 4 is 15.9 Å². The molecule has 0 fully saturated rings. The largest absolute Gasteiger partial charge is 0.494 e. The first kappa shape index (κ1) is 15.5. The van der Waals surface area contributed by atoms with Gasteiger partial charge in [0, 0.05) is 4.47 Å². The van der Waals surface area contributed by atoms with Crippen LogP contribution >= 0.6 is 15.9 Å². The van der Waals surface area contributed by atoms with Crippen LogP contribution in [0.15, 0.2) is 28.7 Å². The molecule has 0 spiro atoms. The summed E-state index contributed by atoms with van der Waals surface area (Å²) >= 11 is 3.42. The summed E-state index contributed by atoms with van der Waals surface area (Å²) in [6.07, 6.45) is 2.36. The predicted molar refractivity (Wildman–Crippen MR) is 81.1 cm³/mol. The molecule has 1 unspecified atom stereocenters. The summed E-state index contributed by atoms with van der Waals surface area (Å²) in [4.78, 5) is 0. The lowest BCUT2D eigenvalue weighted by Crippen LogP contribution is -2.22. The first-order valence-electron chi connectivity index (χ1n) is 6.64. The molecule has 0 saturated heterocycles. The topological polar surface area (TPSA) is 21.3 Å². The molecule has 102 valence electrons. The molecular weight excluding hydrogens is 290 g/mol. The van der Waals surface area contributed by atoms with Gasteiger partial charge in [0.1, 0.15) is 5.75 Å². The average Bonchev–Trinajstić information content (AvgIpc) is 2.31. The minimum absolute atomic E-state index is 0.699. The summed E-state index contributed by atoms with van der Waals surface area (Å²) in [5.74, 6) is 2.40. The lowest BCUT2D eigenvalue weighted by Gasteiger charge is -2.18. The first-order chi connectivity index (χ1) is 8.61. The molecule has 0 aliphatic carbocycles. The monoisotopic (exact) mass is 313 g/mol. The Morgan fingerprint density at radius 3 is 2.44 bits per heavy atom. The lowest BCUT2D eigenvalue weighted by atomic mass is 9.94. The van der Waals surface area contributed by atoms with Gasteiger partial charge in [-0.2, -0.15) is 0 Å². The van der Waals surface area contributed by atoms with Crippen molar-refractivity contribution in [2.24, 2.45) is 11.8 Å². The van der Waals surface area contributed by atoms with Crippen molar-refractivity contribution < 1.29 is 4.74 Å². The molecule has 0 aliphatic heterocycles. The molecule has 1 aromatic rings. The molecule has 0 heterocycles. The second kappa shape index (κ2) is 8.54. The van der Waals surface area contributed by atoms with E-state index in [4.69, 9.17) is 4.74 Å². The molecule has 0 bridgehead atoms. The van der Waals surface area contributed by atoms with Crippen molar-refractivity contribution in [2.45, 2.75) is 26.7 Å². The zero-order valence-corrected chi connectivity index (χ0v) is 13.2. The van der Waals surface area contributed by atoms with Crippen LogP contribution in [0, 0.1) is 11.8 Å². The Kier molecular flexibility index (Phi) is 7.36. The van der Waals surface area contributed by atoms with Gasteiger partial charge in [0.05, 0.1) is 6.61 Å². The van der Waals surface area contributed by atoms with Gasteiger partial charge >= 0.3 is 0 Å². The number of benzene rings is 1. The van der Waals surface area contributed by atoms with Crippen molar-refractivity contribution in [1.29, 1.82) is 0 Å². The Balaban J connectivity index is 2.31. The molecule has 1 N–H and O–H groups in total. The highest BCUT2D eigenvalue weighted by molar-refractivity contribution is 9.10. The minimum atomic E-state index is 0.699. The number of nitrogens with one attached hydrogen (secondary N) is 1. The standard InChI is InChI=1S/C15H24BrNO/c1-12(2)10-13(11-17-3)8-9-18-15-6-4-14(16)5-7-15/h4-7,12-13,17H,8-11H2,1-3H3. The molecule has 1 rings (SSSR count). The fourth-order valence-corrected chi connectivity index (χ4v) is 2.40. The van der Waals surface area contributed by atoms with Crippen LogP contribution in [0.25, 0.3) is 0 Å². The maximum absolute atomic E-state index is 5.77. The maximum Gasteiger partial charge on any atom is 0.119 e. The van der Waals surface area contributed by atoms with Gasteiger partial charge in [-0.1, -0.05) is 29.8 Å². The summed E-state index contributed by atoms with van der Waals surface area (Å²) in [6, 6.07) is 8.02. The fraction of sp³-hybridized carbons (Fsp3) is 0.600. The Bertz CT molecular complexity index is 324. The van der Waals surface area contributed by atoms with Crippen LogP contribution in [0.1, 0.15) is 26.7 Å². The summed E-state index contributed by atoms with van der Waals surface area (Å²) in [5, 5.41) is 3.27. The van der Waals surface area contributed by atoms with Crippen LogP contribution in [-0.2, 0) is 0 Å². The molecule has 2 nitrogen and oxygen atoms in total. The van der Waals surface area contributed by atoms with Crippen molar-refractivity contribution in [3.05, 3.63) is 28.7 Å². The Labute approximate surface area is 119 Å². The number of hydrogen-bond acceptors (Lipinski definition) is 2. The normalized spacial score (nSPS) is 12.7. The first-order valence-corrected chi connectivity index (χ1v) is 7.44. The molecule has 0 aromatic heterocycles. The summed E-state index contributed by atoms with van der Waals surface area (Å²) in [5.41, 5.74) is 0. The fourth-order valence-electron chi connectivity index (χ4n) is 2.13. The second-order valence-corrected chi connectivity index (χ2v) is 6.06. The van der Waals surface area contributed by atoms with E-state index in [0.717, 1.165) is 35.7 Å². The molecule has 0 radical (unpaired) electrons. The van der Waals surface area contributed by atoms with Gasteiger partial charge in [-0.05, 0) is 62.5 Å². The van der Waals surface area contributed by atoms with Gasteiger partial charge in [0.15, 0.2) is 0 Å². The Hall–Kier alpha value is -0.540. The van der Waals surface area contributed by atoms with Crippen molar-refractivity contribution in [3.63, 3.8) is 0 Å². The second-order valence-electron chi connectivity index (χ2n) is 5.14. The van der Waals surface area contributed by atoms with E-state index in [-0.39, 0.29) is 0 Å². The van der Waals surface area contributed by atoms with Crippen LogP contribution in [-0.4, -0.2) is 20.2 Å². The van der Waals surface area contributed by atoms with E-state index in [1.165, 1.54) is 6.42 Å². The predicted octanol–water partition coefficient (Wildman–Crippen LogP) is 4.10. The van der Waals surface area contributed by atoms with E-state index in [0.29, 0.717) is 5.92 Å². The van der Waals surface area contributed by atoms with Gasteiger partial charge in [-0.15, -0.1) is 0 Å². The van der Waals surface area contributed by atoms with Crippen molar-refractivity contribution in [3.8, 4) is 5.75 Å². The van der Waals surface area contributed by atoms with Gasteiger partial charge in [-0.25, -0.2) is 0 Å². The highest BCUT2D eigenvalue weighted by atomic mass is 79.9. The molecule has 18 heavy (non-hydrogen) atoms. The maximum atomic E-state index is 5.77. The summed E-state index contributed by atoms with van der Waals surface area (Å²) in [6.45, 7) is 6.42. The van der Waals surface area contributed by atoms with Gasteiger partial charge in [0.25, 0.3) is 0 Å². The van der Waals surface area contributed by atoms with Gasteiger partial charge in [0.2, 0.25) is 0 Å². The van der Waals surface area contributed by atoms with Gasteiger partial charge in [-0.3, -0.25) is 0 Å². The van der Waals surface area contributed by atoms with E-state index in [2.05, 4.69) is 35.1 Å². The third-order valence-electron chi connectivity index (χ3n) is 2.91. The number of hydrogen-bond donors (Lipinski definition) is 1. The van der Waals surface area contributed by atoms with Crippen LogP contribution in [0.4, 0.5) is 0 Å². The van der Waals surface area contributed by atoms with E-state index in [1.807, 2.05) is 31.3 Å². The Morgan fingerprint density at radius 1 is 1.22 bits per heavy atom. The Morgan fingerprint density at radius 2 is 1.89 bits per heavy atom. The minimum Gasteiger partial charge on any atom is -0.494 e. The van der Waals surface area contributed by atoms with E-state index in [9.17, 15) is 0 Å². The third-order valence-corrected chi connectivity index (χ3v) is 3.43. The van der Waals surface area contributed by atoms with Crippen LogP contribution in [0.5, 0.6) is 5.75 Å². The van der Waals surface area contributed by atoms with Crippen LogP contribution in [0.2, 0.25) is 0 Å². The molecule has 0 amide bonds.